The summed E-state index contributed by atoms with van der Waals surface area (Å²) in [7, 11) is 0. The van der Waals surface area contributed by atoms with Crippen LogP contribution in [0, 0.1) is 6.92 Å². The first-order chi connectivity index (χ1) is 15.2. The zero-order valence-electron chi connectivity index (χ0n) is 18.0. The third-order valence-corrected chi connectivity index (χ3v) is 5.05. The maximum Gasteiger partial charge on any atom is 0.257 e. The van der Waals surface area contributed by atoms with Crippen molar-refractivity contribution in [2.24, 2.45) is 0 Å². The third kappa shape index (κ3) is 5.43. The largest absolute Gasteiger partial charge is 0.383 e. The predicted molar refractivity (Wildman–Crippen MR) is 126 cm³/mol. The average Bonchev–Trinajstić information content (AvgIpc) is 2.73. The van der Waals surface area contributed by atoms with Gasteiger partial charge >= 0.3 is 0 Å². The molecule has 0 aliphatic rings. The molecule has 0 fully saturated rings. The van der Waals surface area contributed by atoms with Gasteiger partial charge in [-0.2, -0.15) is 0 Å². The lowest BCUT2D eigenvalue weighted by Crippen LogP contribution is -2.30. The Morgan fingerprint density at radius 3 is 2.53 bits per heavy atom. The highest BCUT2D eigenvalue weighted by atomic mass is 35.5. The van der Waals surface area contributed by atoms with Crippen LogP contribution in [0.5, 0.6) is 0 Å². The lowest BCUT2D eigenvalue weighted by molar-refractivity contribution is -0.124. The first-order valence-corrected chi connectivity index (χ1v) is 10.5. The summed E-state index contributed by atoms with van der Waals surface area (Å²) in [5.41, 5.74) is 9.23. The minimum Gasteiger partial charge on any atom is -0.383 e. The Morgan fingerprint density at radius 2 is 1.88 bits per heavy atom. The summed E-state index contributed by atoms with van der Waals surface area (Å²) >= 11 is 6.45. The molecule has 32 heavy (non-hydrogen) atoms. The van der Waals surface area contributed by atoms with Crippen LogP contribution in [0.2, 0.25) is 5.02 Å². The molecule has 1 atom stereocenters. The number of hydrogen-bond acceptors (Lipinski definition) is 5. The van der Waals surface area contributed by atoms with Crippen LogP contribution in [0.1, 0.15) is 41.4 Å². The number of aromatic nitrogens is 1. The standard InChI is InChI=1S/C24H25ClN4O3/c1-13(2)28-23(31)19-10-16(12-27-22(19)26)18-8-7-17(11-20(18)25)29-24(32)21(30)15-6-4-5-14(3)9-15/h4-13,21,30H,1-3H3,(H2,26,27)(H,28,31)(H,29,32). The summed E-state index contributed by atoms with van der Waals surface area (Å²) in [6.07, 6.45) is 0.222. The molecule has 1 heterocycles. The Bertz CT molecular complexity index is 1160. The van der Waals surface area contributed by atoms with Gasteiger partial charge in [0.1, 0.15) is 5.82 Å². The van der Waals surface area contributed by atoms with Gasteiger partial charge in [-0.1, -0.05) is 47.5 Å². The van der Waals surface area contributed by atoms with Crippen molar-refractivity contribution in [3.8, 4) is 11.1 Å². The zero-order chi connectivity index (χ0) is 23.4. The smallest absolute Gasteiger partial charge is 0.257 e. The van der Waals surface area contributed by atoms with E-state index >= 15 is 0 Å². The Morgan fingerprint density at radius 1 is 1.12 bits per heavy atom. The van der Waals surface area contributed by atoms with Crippen LogP contribution in [0.15, 0.2) is 54.7 Å². The van der Waals surface area contributed by atoms with Crippen LogP contribution in [-0.4, -0.2) is 27.9 Å². The molecule has 2 aromatic carbocycles. The van der Waals surface area contributed by atoms with Gasteiger partial charge in [0.25, 0.3) is 11.8 Å². The van der Waals surface area contributed by atoms with Crippen LogP contribution in [0.4, 0.5) is 11.5 Å². The van der Waals surface area contributed by atoms with E-state index < -0.39 is 12.0 Å². The molecule has 0 bridgehead atoms. The predicted octanol–water partition coefficient (Wildman–Crippen LogP) is 4.10. The Kier molecular flexibility index (Phi) is 7.12. The first kappa shape index (κ1) is 23.2. The van der Waals surface area contributed by atoms with E-state index in [1.54, 1.807) is 42.5 Å². The summed E-state index contributed by atoms with van der Waals surface area (Å²) in [5, 5.41) is 16.1. The van der Waals surface area contributed by atoms with E-state index in [-0.39, 0.29) is 23.3 Å². The van der Waals surface area contributed by atoms with Crippen molar-refractivity contribution in [1.29, 1.82) is 0 Å². The number of carbonyl (C=O) groups excluding carboxylic acids is 2. The molecule has 3 aromatic rings. The van der Waals surface area contributed by atoms with Crippen LogP contribution >= 0.6 is 11.6 Å². The molecule has 5 N–H and O–H groups in total. The van der Waals surface area contributed by atoms with E-state index in [0.717, 1.165) is 5.56 Å². The molecule has 0 saturated heterocycles. The fraction of sp³-hybridized carbons (Fsp3) is 0.208. The fourth-order valence-electron chi connectivity index (χ4n) is 3.17. The molecule has 1 aromatic heterocycles. The van der Waals surface area contributed by atoms with Crippen molar-refractivity contribution in [1.82, 2.24) is 10.3 Å². The van der Waals surface area contributed by atoms with Crippen molar-refractivity contribution in [2.45, 2.75) is 32.9 Å². The van der Waals surface area contributed by atoms with Crippen LogP contribution in [-0.2, 0) is 4.79 Å². The summed E-state index contributed by atoms with van der Waals surface area (Å²) in [6.45, 7) is 5.59. The number of benzene rings is 2. The van der Waals surface area contributed by atoms with Crippen molar-refractivity contribution in [2.75, 3.05) is 11.1 Å². The number of rotatable bonds is 6. The van der Waals surface area contributed by atoms with E-state index in [9.17, 15) is 14.7 Å². The molecule has 0 aliphatic carbocycles. The van der Waals surface area contributed by atoms with E-state index in [2.05, 4.69) is 15.6 Å². The second-order valence-electron chi connectivity index (χ2n) is 7.79. The number of aliphatic hydroxyl groups is 1. The summed E-state index contributed by atoms with van der Waals surface area (Å²) < 4.78 is 0. The van der Waals surface area contributed by atoms with Crippen molar-refractivity contribution >= 4 is 34.9 Å². The molecule has 0 spiro atoms. The minimum absolute atomic E-state index is 0.0489. The quantitative estimate of drug-likeness (QED) is 0.449. The van der Waals surface area contributed by atoms with Gasteiger partial charge in [-0.05, 0) is 44.5 Å². The van der Waals surface area contributed by atoms with E-state index in [4.69, 9.17) is 17.3 Å². The summed E-state index contributed by atoms with van der Waals surface area (Å²) in [4.78, 5) is 29.0. The molecule has 0 aliphatic heterocycles. The molecule has 3 rings (SSSR count). The molecular formula is C24H25ClN4O3. The fourth-order valence-corrected chi connectivity index (χ4v) is 3.46. The molecule has 0 radical (unpaired) electrons. The normalized spacial score (nSPS) is 11.8. The molecule has 2 amide bonds. The van der Waals surface area contributed by atoms with Crippen LogP contribution in [0.3, 0.4) is 0 Å². The van der Waals surface area contributed by atoms with Gasteiger partial charge in [0.2, 0.25) is 0 Å². The second-order valence-corrected chi connectivity index (χ2v) is 8.19. The Balaban J connectivity index is 1.81. The first-order valence-electron chi connectivity index (χ1n) is 10.1. The van der Waals surface area contributed by atoms with E-state index in [1.165, 1.54) is 6.20 Å². The number of aryl methyl sites for hydroxylation is 1. The number of nitrogen functional groups attached to an aromatic ring is 1. The topological polar surface area (TPSA) is 117 Å². The maximum absolute atomic E-state index is 12.5. The number of nitrogens with zero attached hydrogens (tertiary/aromatic N) is 1. The molecule has 8 heteroatoms. The van der Waals surface area contributed by atoms with Crippen LogP contribution in [0.25, 0.3) is 11.1 Å². The number of carbonyl (C=O) groups is 2. The number of hydrogen-bond donors (Lipinski definition) is 4. The lowest BCUT2D eigenvalue weighted by Gasteiger charge is -2.14. The van der Waals surface area contributed by atoms with Crippen molar-refractivity contribution in [3.63, 3.8) is 0 Å². The van der Waals surface area contributed by atoms with E-state index in [0.29, 0.717) is 27.4 Å². The van der Waals surface area contributed by atoms with Gasteiger partial charge in [0, 0.05) is 29.1 Å². The minimum atomic E-state index is -1.31. The molecule has 1 unspecified atom stereocenters. The van der Waals surface area contributed by atoms with Crippen molar-refractivity contribution in [3.05, 3.63) is 76.4 Å². The molecule has 0 saturated carbocycles. The van der Waals surface area contributed by atoms with Gasteiger partial charge in [-0.25, -0.2) is 4.98 Å². The number of aliphatic hydroxyl groups excluding tert-OH is 1. The third-order valence-electron chi connectivity index (χ3n) is 4.74. The number of amides is 2. The van der Waals surface area contributed by atoms with Gasteiger partial charge in [-0.15, -0.1) is 0 Å². The summed E-state index contributed by atoms with van der Waals surface area (Å²) in [5.74, 6) is -0.768. The highest BCUT2D eigenvalue weighted by molar-refractivity contribution is 6.33. The highest BCUT2D eigenvalue weighted by Crippen LogP contribution is 2.31. The monoisotopic (exact) mass is 452 g/mol. The Hall–Kier alpha value is -3.42. The highest BCUT2D eigenvalue weighted by Gasteiger charge is 2.19. The van der Waals surface area contributed by atoms with Crippen molar-refractivity contribution < 1.29 is 14.7 Å². The molecular weight excluding hydrogens is 428 g/mol. The second kappa shape index (κ2) is 9.80. The maximum atomic E-state index is 12.5. The van der Waals surface area contributed by atoms with Gasteiger partial charge < -0.3 is 21.5 Å². The molecule has 166 valence electrons. The number of pyridine rings is 1. The Labute approximate surface area is 191 Å². The number of nitrogens with two attached hydrogens (primary N) is 1. The van der Waals surface area contributed by atoms with Gasteiger partial charge in [0.05, 0.1) is 10.6 Å². The SMILES string of the molecule is Cc1cccc(C(O)C(=O)Nc2ccc(-c3cnc(N)c(C(=O)NC(C)C)c3)c(Cl)c2)c1. The number of anilines is 2. The molecule has 7 nitrogen and oxygen atoms in total. The number of nitrogens with one attached hydrogen (secondary N) is 2. The summed E-state index contributed by atoms with van der Waals surface area (Å²) in [6, 6.07) is 13.6. The lowest BCUT2D eigenvalue weighted by atomic mass is 10.0. The van der Waals surface area contributed by atoms with Crippen LogP contribution < -0.4 is 16.4 Å². The van der Waals surface area contributed by atoms with Gasteiger partial charge in [-0.3, -0.25) is 9.59 Å². The zero-order valence-corrected chi connectivity index (χ0v) is 18.8. The van der Waals surface area contributed by atoms with Gasteiger partial charge in [0.15, 0.2) is 6.10 Å². The van der Waals surface area contributed by atoms with E-state index in [1.807, 2.05) is 26.8 Å². The average molecular weight is 453 g/mol. The number of halogens is 1.